The van der Waals surface area contributed by atoms with Gasteiger partial charge in [-0.1, -0.05) is 55.5 Å². The zero-order valence-corrected chi connectivity index (χ0v) is 14.8. The molecular formula is C21H26ClN. The summed E-state index contributed by atoms with van der Waals surface area (Å²) < 4.78 is 0. The molecule has 2 heteroatoms. The summed E-state index contributed by atoms with van der Waals surface area (Å²) in [6.07, 6.45) is 3.68. The van der Waals surface area contributed by atoms with Crippen LogP contribution in [0.1, 0.15) is 61.3 Å². The van der Waals surface area contributed by atoms with Crippen LogP contribution in [-0.4, -0.2) is 12.6 Å². The molecule has 0 saturated heterocycles. The Balaban J connectivity index is 0.00000156. The quantitative estimate of drug-likeness (QED) is 0.813. The van der Waals surface area contributed by atoms with Gasteiger partial charge in [-0.05, 0) is 55.0 Å². The number of hydrogen-bond donors (Lipinski definition) is 1. The van der Waals surface area contributed by atoms with E-state index in [9.17, 15) is 0 Å². The van der Waals surface area contributed by atoms with E-state index in [2.05, 4.69) is 67.7 Å². The molecular weight excluding hydrogens is 302 g/mol. The zero-order valence-electron chi connectivity index (χ0n) is 14.0. The van der Waals surface area contributed by atoms with Crippen LogP contribution in [0.5, 0.6) is 0 Å². The fourth-order valence-electron chi connectivity index (χ4n) is 4.62. The lowest BCUT2D eigenvalue weighted by atomic mass is 9.73. The summed E-state index contributed by atoms with van der Waals surface area (Å²) in [4.78, 5) is 0. The van der Waals surface area contributed by atoms with Crippen LogP contribution in [0.25, 0.3) is 0 Å². The average molecular weight is 328 g/mol. The van der Waals surface area contributed by atoms with Crippen LogP contribution >= 0.6 is 12.4 Å². The Kier molecular flexibility index (Phi) is 4.53. The van der Waals surface area contributed by atoms with Crippen molar-refractivity contribution in [2.75, 3.05) is 6.54 Å². The molecule has 0 heterocycles. The summed E-state index contributed by atoms with van der Waals surface area (Å²) in [5.41, 5.74) is 6.57. The molecule has 1 unspecified atom stereocenters. The summed E-state index contributed by atoms with van der Waals surface area (Å²) >= 11 is 0. The Hall–Kier alpha value is -1.31. The maximum atomic E-state index is 3.70. The van der Waals surface area contributed by atoms with Crippen molar-refractivity contribution in [2.24, 2.45) is 0 Å². The molecule has 0 radical (unpaired) electrons. The second kappa shape index (κ2) is 6.30. The Morgan fingerprint density at radius 1 is 1.04 bits per heavy atom. The highest BCUT2D eigenvalue weighted by molar-refractivity contribution is 5.85. The van der Waals surface area contributed by atoms with Gasteiger partial charge in [-0.25, -0.2) is 0 Å². The number of rotatable bonds is 5. The molecule has 23 heavy (non-hydrogen) atoms. The topological polar surface area (TPSA) is 12.0 Å². The molecule has 0 aromatic heterocycles. The van der Waals surface area contributed by atoms with Gasteiger partial charge in [-0.3, -0.25) is 0 Å². The summed E-state index contributed by atoms with van der Waals surface area (Å²) in [6, 6.07) is 18.9. The first-order valence-electron chi connectivity index (χ1n) is 8.68. The van der Waals surface area contributed by atoms with Crippen LogP contribution < -0.4 is 5.32 Å². The summed E-state index contributed by atoms with van der Waals surface area (Å²) in [5.74, 6) is 0.621. The van der Waals surface area contributed by atoms with Gasteiger partial charge in [0.1, 0.15) is 0 Å². The number of benzene rings is 2. The van der Waals surface area contributed by atoms with Gasteiger partial charge in [0.05, 0.1) is 0 Å². The first-order valence-corrected chi connectivity index (χ1v) is 8.68. The number of hydrogen-bond acceptors (Lipinski definition) is 1. The molecule has 1 N–H and O–H groups in total. The first kappa shape index (κ1) is 16.5. The third-order valence-electron chi connectivity index (χ3n) is 5.91. The van der Waals surface area contributed by atoms with Crippen molar-refractivity contribution < 1.29 is 0 Å². The maximum absolute atomic E-state index is 3.70. The van der Waals surface area contributed by atoms with Gasteiger partial charge in [-0.2, -0.15) is 0 Å². The largest absolute Gasteiger partial charge is 0.314 e. The number of nitrogens with one attached hydrogen (secondary N) is 1. The van der Waals surface area contributed by atoms with Crippen LogP contribution in [0.3, 0.4) is 0 Å². The molecule has 0 aliphatic heterocycles. The summed E-state index contributed by atoms with van der Waals surface area (Å²) in [5, 5.41) is 3.70. The number of halogens is 1. The third kappa shape index (κ3) is 2.42. The molecule has 0 amide bonds. The molecule has 2 bridgehead atoms. The second-order valence-electron chi connectivity index (χ2n) is 7.03. The van der Waals surface area contributed by atoms with Crippen molar-refractivity contribution in [1.82, 2.24) is 5.32 Å². The van der Waals surface area contributed by atoms with Crippen molar-refractivity contribution >= 4 is 12.4 Å². The Morgan fingerprint density at radius 3 is 2.17 bits per heavy atom. The molecule has 0 spiro atoms. The SMILES string of the molecule is CCC(C)NCCC12CC(c3ccccc31)c1ccccc12.Cl. The van der Waals surface area contributed by atoms with Gasteiger partial charge in [0.2, 0.25) is 0 Å². The maximum Gasteiger partial charge on any atom is 0.0229 e. The molecule has 1 atom stereocenters. The molecule has 122 valence electrons. The lowest BCUT2D eigenvalue weighted by molar-refractivity contribution is 0.436. The van der Waals surface area contributed by atoms with E-state index in [1.807, 2.05) is 0 Å². The molecule has 2 aliphatic rings. The Labute approximate surface area is 145 Å². The van der Waals surface area contributed by atoms with Crippen molar-refractivity contribution in [3.63, 3.8) is 0 Å². The fraction of sp³-hybridized carbons (Fsp3) is 0.429. The first-order chi connectivity index (χ1) is 10.8. The van der Waals surface area contributed by atoms with Gasteiger partial charge >= 0.3 is 0 Å². The smallest absolute Gasteiger partial charge is 0.0229 e. The molecule has 2 aliphatic carbocycles. The molecule has 0 saturated carbocycles. The Bertz CT molecular complexity index is 646. The van der Waals surface area contributed by atoms with Gasteiger partial charge in [-0.15, -0.1) is 12.4 Å². The molecule has 0 fully saturated rings. The summed E-state index contributed by atoms with van der Waals surface area (Å²) in [6.45, 7) is 5.64. The second-order valence-corrected chi connectivity index (χ2v) is 7.03. The van der Waals surface area contributed by atoms with Crippen LogP contribution in [0.15, 0.2) is 48.5 Å². The number of fused-ring (bicyclic) bond motifs is 8. The van der Waals surface area contributed by atoms with Crippen molar-refractivity contribution in [3.05, 3.63) is 70.8 Å². The lowest BCUT2D eigenvalue weighted by Gasteiger charge is -2.32. The molecule has 2 aromatic rings. The van der Waals surface area contributed by atoms with E-state index in [-0.39, 0.29) is 17.8 Å². The van der Waals surface area contributed by atoms with E-state index in [1.54, 1.807) is 22.3 Å². The van der Waals surface area contributed by atoms with Crippen LogP contribution in [0.4, 0.5) is 0 Å². The van der Waals surface area contributed by atoms with Gasteiger partial charge in [0, 0.05) is 17.4 Å². The molecule has 2 aromatic carbocycles. The minimum absolute atomic E-state index is 0. The highest BCUT2D eigenvalue weighted by Gasteiger charge is 2.51. The van der Waals surface area contributed by atoms with Crippen LogP contribution in [-0.2, 0) is 5.41 Å². The van der Waals surface area contributed by atoms with Crippen molar-refractivity contribution in [3.8, 4) is 0 Å². The van der Waals surface area contributed by atoms with Crippen LogP contribution in [0, 0.1) is 0 Å². The molecule has 4 rings (SSSR count). The Morgan fingerprint density at radius 2 is 1.61 bits per heavy atom. The minimum Gasteiger partial charge on any atom is -0.314 e. The minimum atomic E-state index is 0. The van der Waals surface area contributed by atoms with E-state index in [0.29, 0.717) is 12.0 Å². The lowest BCUT2D eigenvalue weighted by Crippen LogP contribution is -2.33. The van der Waals surface area contributed by atoms with Crippen molar-refractivity contribution in [1.29, 1.82) is 0 Å². The van der Waals surface area contributed by atoms with E-state index in [0.717, 1.165) is 6.54 Å². The monoisotopic (exact) mass is 327 g/mol. The summed E-state index contributed by atoms with van der Waals surface area (Å²) in [7, 11) is 0. The average Bonchev–Trinajstić information content (AvgIpc) is 3.07. The fourth-order valence-corrected chi connectivity index (χ4v) is 4.62. The predicted octanol–water partition coefficient (Wildman–Crippen LogP) is 5.02. The van der Waals surface area contributed by atoms with E-state index in [1.165, 1.54) is 19.3 Å². The van der Waals surface area contributed by atoms with E-state index in [4.69, 9.17) is 0 Å². The van der Waals surface area contributed by atoms with Crippen LogP contribution in [0.2, 0.25) is 0 Å². The standard InChI is InChI=1S/C21H25N.ClH/c1-3-15(2)22-13-12-21-14-18(16-8-4-6-10-19(16)21)17-9-5-7-11-20(17)21;/h4-11,15,18,22H,3,12-14H2,1-2H3;1H. The normalized spacial score (nSPS) is 24.7. The molecule has 1 nitrogen and oxygen atoms in total. The van der Waals surface area contributed by atoms with E-state index >= 15 is 0 Å². The highest BCUT2D eigenvalue weighted by atomic mass is 35.5. The third-order valence-corrected chi connectivity index (χ3v) is 5.91. The highest BCUT2D eigenvalue weighted by Crippen LogP contribution is 2.61. The zero-order chi connectivity index (χ0) is 15.2. The van der Waals surface area contributed by atoms with Gasteiger partial charge in [0.25, 0.3) is 0 Å². The predicted molar refractivity (Wildman–Crippen MR) is 99.7 cm³/mol. The van der Waals surface area contributed by atoms with Gasteiger partial charge in [0.15, 0.2) is 0 Å². The van der Waals surface area contributed by atoms with Crippen molar-refractivity contribution in [2.45, 2.75) is 50.5 Å². The van der Waals surface area contributed by atoms with Gasteiger partial charge < -0.3 is 5.32 Å². The van der Waals surface area contributed by atoms with E-state index < -0.39 is 0 Å².